The molecule has 6 heteroatoms. The van der Waals surface area contributed by atoms with Crippen molar-refractivity contribution in [1.82, 2.24) is 10.8 Å². The lowest BCUT2D eigenvalue weighted by Crippen LogP contribution is -2.17. The van der Waals surface area contributed by atoms with Gasteiger partial charge < -0.3 is 5.32 Å². The number of unbranched alkanes of at least 4 members (excludes halogenated alkanes) is 28. The molecule has 4 nitrogen and oxygen atoms in total. The lowest BCUT2D eigenvalue weighted by atomic mass is 10.0. The Bertz CT molecular complexity index is 520. The van der Waals surface area contributed by atoms with Crippen molar-refractivity contribution in [3.63, 3.8) is 0 Å². The Balaban J connectivity index is 3.05. The standard InChI is InChI=1S/C33H66N2O2S2/c36-32(35-37)30-28-26-24-22-20-18-16-14-12-10-8-6-4-2-1-3-5-7-9-11-13-15-17-19-21-23-25-27-29-31-34-33(38)39/h37H,1-31H2,(H,35,36)(H2,34,38,39). The van der Waals surface area contributed by atoms with E-state index in [4.69, 9.17) is 17.4 Å². The molecular formula is C33H66N2O2S2. The average Bonchev–Trinajstić information content (AvgIpc) is 2.93. The zero-order valence-corrected chi connectivity index (χ0v) is 27.3. The predicted molar refractivity (Wildman–Crippen MR) is 178 cm³/mol. The van der Waals surface area contributed by atoms with Gasteiger partial charge in [-0.05, 0) is 12.8 Å². The minimum absolute atomic E-state index is 0.258. The van der Waals surface area contributed by atoms with Crippen LogP contribution in [0.2, 0.25) is 0 Å². The van der Waals surface area contributed by atoms with Crippen molar-refractivity contribution in [2.75, 3.05) is 6.54 Å². The molecule has 0 atom stereocenters. The van der Waals surface area contributed by atoms with Crippen LogP contribution in [0.4, 0.5) is 0 Å². The molecule has 0 aromatic carbocycles. The highest BCUT2D eigenvalue weighted by molar-refractivity contribution is 8.11. The van der Waals surface area contributed by atoms with Gasteiger partial charge in [-0.15, -0.1) is 12.6 Å². The summed E-state index contributed by atoms with van der Waals surface area (Å²) >= 11 is 8.97. The van der Waals surface area contributed by atoms with Crippen molar-refractivity contribution in [2.24, 2.45) is 0 Å². The van der Waals surface area contributed by atoms with Crippen LogP contribution in [0.3, 0.4) is 0 Å². The highest BCUT2D eigenvalue weighted by Crippen LogP contribution is 2.16. The maximum Gasteiger partial charge on any atom is 0.243 e. The third-order valence-corrected chi connectivity index (χ3v) is 8.28. The van der Waals surface area contributed by atoms with Crippen LogP contribution in [0.1, 0.15) is 193 Å². The van der Waals surface area contributed by atoms with Gasteiger partial charge in [-0.25, -0.2) is 5.48 Å². The molecule has 0 aliphatic rings. The van der Waals surface area contributed by atoms with Crippen LogP contribution >= 0.6 is 24.8 Å². The van der Waals surface area contributed by atoms with E-state index in [9.17, 15) is 4.79 Å². The maximum atomic E-state index is 10.9. The second-order valence-corrected chi connectivity index (χ2v) is 12.9. The Morgan fingerprint density at radius 1 is 0.462 bits per heavy atom. The SMILES string of the molecule is O=C(CCCCCCCCCCCCCCCCCCCCCCCCCCCCCCCNC(=S)S)NO. The van der Waals surface area contributed by atoms with E-state index in [1.165, 1.54) is 173 Å². The summed E-state index contributed by atoms with van der Waals surface area (Å²) in [6, 6.07) is 0. The molecular weight excluding hydrogens is 521 g/mol. The third-order valence-electron chi connectivity index (χ3n) is 7.98. The van der Waals surface area contributed by atoms with Gasteiger partial charge in [0.05, 0.1) is 0 Å². The van der Waals surface area contributed by atoms with Crippen LogP contribution in [-0.2, 0) is 4.79 Å². The van der Waals surface area contributed by atoms with Crippen molar-refractivity contribution < 1.29 is 10.0 Å². The first kappa shape index (κ1) is 38.7. The van der Waals surface area contributed by atoms with Gasteiger partial charge in [0.15, 0.2) is 0 Å². The minimum Gasteiger partial charge on any atom is -0.371 e. The highest BCUT2D eigenvalue weighted by Gasteiger charge is 1.99. The van der Waals surface area contributed by atoms with Gasteiger partial charge in [-0.2, -0.15) is 0 Å². The summed E-state index contributed by atoms with van der Waals surface area (Å²) in [5.74, 6) is -0.258. The molecule has 0 unspecified atom stereocenters. The van der Waals surface area contributed by atoms with Gasteiger partial charge in [-0.1, -0.05) is 186 Å². The first-order chi connectivity index (χ1) is 19.2. The van der Waals surface area contributed by atoms with E-state index >= 15 is 0 Å². The lowest BCUT2D eigenvalue weighted by molar-refractivity contribution is -0.129. The number of thiol groups is 1. The smallest absolute Gasteiger partial charge is 0.243 e. The first-order valence-electron chi connectivity index (χ1n) is 17.1. The molecule has 0 radical (unpaired) electrons. The highest BCUT2D eigenvalue weighted by atomic mass is 32.1. The molecule has 1 amide bonds. The van der Waals surface area contributed by atoms with E-state index in [0.29, 0.717) is 10.7 Å². The van der Waals surface area contributed by atoms with E-state index in [-0.39, 0.29) is 5.91 Å². The Morgan fingerprint density at radius 2 is 0.692 bits per heavy atom. The minimum atomic E-state index is -0.258. The molecule has 0 aliphatic heterocycles. The monoisotopic (exact) mass is 586 g/mol. The number of hydroxylamine groups is 1. The summed E-state index contributed by atoms with van der Waals surface area (Å²) in [5, 5.41) is 11.6. The molecule has 0 saturated carbocycles. The fraction of sp³-hybridized carbons (Fsp3) is 0.939. The van der Waals surface area contributed by atoms with Gasteiger partial charge in [0.25, 0.3) is 0 Å². The first-order valence-corrected chi connectivity index (χ1v) is 17.9. The summed E-state index contributed by atoms with van der Waals surface area (Å²) in [6.45, 7) is 0.978. The van der Waals surface area contributed by atoms with E-state index in [1.54, 1.807) is 5.48 Å². The molecule has 0 rings (SSSR count). The number of hydrogen-bond acceptors (Lipinski definition) is 3. The summed E-state index contributed by atoms with van der Waals surface area (Å²) < 4.78 is 0.622. The van der Waals surface area contributed by atoms with Gasteiger partial charge in [0.2, 0.25) is 5.91 Å². The molecule has 0 aromatic rings. The van der Waals surface area contributed by atoms with Crippen molar-refractivity contribution in [3.05, 3.63) is 0 Å². The Labute approximate surface area is 254 Å². The van der Waals surface area contributed by atoms with E-state index in [2.05, 4.69) is 17.9 Å². The maximum absolute atomic E-state index is 10.9. The molecule has 0 spiro atoms. The fourth-order valence-corrected chi connectivity index (χ4v) is 5.65. The number of amides is 1. The fourth-order valence-electron chi connectivity index (χ4n) is 5.43. The van der Waals surface area contributed by atoms with Gasteiger partial charge in [0, 0.05) is 13.0 Å². The molecule has 3 N–H and O–H groups in total. The molecule has 0 saturated heterocycles. The molecule has 0 heterocycles. The lowest BCUT2D eigenvalue weighted by Gasteiger charge is -2.05. The van der Waals surface area contributed by atoms with E-state index in [0.717, 1.165) is 19.4 Å². The van der Waals surface area contributed by atoms with Crippen molar-refractivity contribution in [3.8, 4) is 0 Å². The second kappa shape index (κ2) is 33.9. The molecule has 0 aliphatic carbocycles. The second-order valence-electron chi connectivity index (χ2n) is 11.8. The van der Waals surface area contributed by atoms with Gasteiger partial charge >= 0.3 is 0 Å². The van der Waals surface area contributed by atoms with Crippen LogP contribution < -0.4 is 10.8 Å². The Morgan fingerprint density at radius 3 is 0.923 bits per heavy atom. The number of carbonyl (C=O) groups is 1. The normalized spacial score (nSPS) is 11.1. The van der Waals surface area contributed by atoms with Crippen LogP contribution in [0.15, 0.2) is 0 Å². The molecule has 0 aromatic heterocycles. The number of hydrogen-bond donors (Lipinski definition) is 4. The van der Waals surface area contributed by atoms with Crippen LogP contribution in [-0.4, -0.2) is 22.0 Å². The van der Waals surface area contributed by atoms with E-state index < -0.39 is 0 Å². The Kier molecular flexibility index (Phi) is 33.6. The number of thiocarbonyl (C=S) groups is 1. The summed E-state index contributed by atoms with van der Waals surface area (Å²) in [6.07, 6.45) is 40.2. The number of carbonyl (C=O) groups excluding carboxylic acids is 1. The summed E-state index contributed by atoms with van der Waals surface area (Å²) in [4.78, 5) is 10.9. The predicted octanol–water partition coefficient (Wildman–Crippen LogP) is 11.0. The summed E-state index contributed by atoms with van der Waals surface area (Å²) in [7, 11) is 0. The third kappa shape index (κ3) is 35.6. The van der Waals surface area contributed by atoms with Crippen LogP contribution in [0, 0.1) is 0 Å². The molecule has 39 heavy (non-hydrogen) atoms. The van der Waals surface area contributed by atoms with E-state index in [1.807, 2.05) is 0 Å². The Hall–Kier alpha value is -0.330. The zero-order valence-electron chi connectivity index (χ0n) is 25.6. The van der Waals surface area contributed by atoms with Crippen LogP contribution in [0.25, 0.3) is 0 Å². The van der Waals surface area contributed by atoms with Crippen molar-refractivity contribution >= 4 is 35.1 Å². The zero-order chi connectivity index (χ0) is 28.5. The number of nitrogens with one attached hydrogen (secondary N) is 2. The summed E-state index contributed by atoms with van der Waals surface area (Å²) in [5.41, 5.74) is 1.70. The van der Waals surface area contributed by atoms with Crippen LogP contribution in [0.5, 0.6) is 0 Å². The topological polar surface area (TPSA) is 61.4 Å². The van der Waals surface area contributed by atoms with Gasteiger partial charge in [-0.3, -0.25) is 10.0 Å². The quantitative estimate of drug-likeness (QED) is 0.0208. The van der Waals surface area contributed by atoms with Gasteiger partial charge in [0.1, 0.15) is 4.32 Å². The molecule has 0 fully saturated rings. The largest absolute Gasteiger partial charge is 0.371 e. The average molecular weight is 587 g/mol. The number of rotatable bonds is 32. The molecule has 232 valence electrons. The molecule has 0 bridgehead atoms. The van der Waals surface area contributed by atoms with Crippen molar-refractivity contribution in [1.29, 1.82) is 0 Å². The van der Waals surface area contributed by atoms with Crippen molar-refractivity contribution in [2.45, 2.75) is 193 Å².